The third-order valence-corrected chi connectivity index (χ3v) is 2.51. The Kier molecular flexibility index (Phi) is 3.15. The summed E-state index contributed by atoms with van der Waals surface area (Å²) in [5.74, 6) is -1.43. The predicted molar refractivity (Wildman–Crippen MR) is 59.4 cm³/mol. The van der Waals surface area contributed by atoms with Gasteiger partial charge < -0.3 is 5.11 Å². The molecule has 1 N–H and O–H groups in total. The molecule has 2 rings (SSSR count). The maximum absolute atomic E-state index is 13.0. The highest BCUT2D eigenvalue weighted by atomic mass is 19.1. The lowest BCUT2D eigenvalue weighted by Gasteiger charge is -2.12. The van der Waals surface area contributed by atoms with Crippen LogP contribution in [0, 0.1) is 18.6 Å². The molecule has 0 fully saturated rings. The summed E-state index contributed by atoms with van der Waals surface area (Å²) in [5, 5.41) is 10.0. The van der Waals surface area contributed by atoms with Crippen LogP contribution >= 0.6 is 0 Å². The average molecular weight is 235 g/mol. The summed E-state index contributed by atoms with van der Waals surface area (Å²) in [4.78, 5) is 4.02. The first-order valence-corrected chi connectivity index (χ1v) is 5.13. The first kappa shape index (κ1) is 11.7. The third kappa shape index (κ3) is 2.47. The number of aromatic nitrogens is 1. The van der Waals surface area contributed by atoms with Gasteiger partial charge in [-0.15, -0.1) is 0 Å². The summed E-state index contributed by atoms with van der Waals surface area (Å²) >= 11 is 0. The molecule has 88 valence electrons. The molecule has 0 amide bonds. The van der Waals surface area contributed by atoms with E-state index in [0.717, 1.165) is 23.8 Å². The standard InChI is InChI=1S/C13H11F2NO/c1-8-3-2-4-16-12(8)13(17)9-5-10(14)7-11(15)6-9/h2-7,13,17H,1H3. The van der Waals surface area contributed by atoms with Crippen LogP contribution in [0.1, 0.15) is 22.9 Å². The van der Waals surface area contributed by atoms with Crippen LogP contribution in [-0.4, -0.2) is 10.1 Å². The number of aryl methyl sites for hydroxylation is 1. The van der Waals surface area contributed by atoms with Gasteiger partial charge in [-0.25, -0.2) is 8.78 Å². The molecule has 0 aliphatic carbocycles. The Hall–Kier alpha value is -1.81. The van der Waals surface area contributed by atoms with E-state index >= 15 is 0 Å². The van der Waals surface area contributed by atoms with Crippen molar-refractivity contribution in [2.75, 3.05) is 0 Å². The zero-order chi connectivity index (χ0) is 12.4. The number of aliphatic hydroxyl groups excluding tert-OH is 1. The van der Waals surface area contributed by atoms with Gasteiger partial charge in [-0.05, 0) is 36.2 Å². The second kappa shape index (κ2) is 4.59. The van der Waals surface area contributed by atoms with Crippen molar-refractivity contribution in [3.63, 3.8) is 0 Å². The molecule has 4 heteroatoms. The predicted octanol–water partition coefficient (Wildman–Crippen LogP) is 2.75. The van der Waals surface area contributed by atoms with Gasteiger partial charge in [0.25, 0.3) is 0 Å². The first-order valence-electron chi connectivity index (χ1n) is 5.13. The highest BCUT2D eigenvalue weighted by molar-refractivity contribution is 5.30. The topological polar surface area (TPSA) is 33.1 Å². The van der Waals surface area contributed by atoms with Crippen LogP contribution in [0.4, 0.5) is 8.78 Å². The van der Waals surface area contributed by atoms with E-state index < -0.39 is 17.7 Å². The van der Waals surface area contributed by atoms with Gasteiger partial charge >= 0.3 is 0 Å². The van der Waals surface area contributed by atoms with Crippen molar-refractivity contribution in [2.45, 2.75) is 13.0 Å². The number of rotatable bonds is 2. The van der Waals surface area contributed by atoms with Crippen LogP contribution in [0.25, 0.3) is 0 Å². The minimum absolute atomic E-state index is 0.157. The smallest absolute Gasteiger partial charge is 0.126 e. The quantitative estimate of drug-likeness (QED) is 0.868. The fraction of sp³-hybridized carbons (Fsp3) is 0.154. The molecule has 0 spiro atoms. The van der Waals surface area contributed by atoms with E-state index in [1.807, 2.05) is 0 Å². The number of aliphatic hydroxyl groups is 1. The number of benzene rings is 1. The molecular weight excluding hydrogens is 224 g/mol. The second-order valence-electron chi connectivity index (χ2n) is 3.81. The van der Waals surface area contributed by atoms with Gasteiger partial charge in [0.05, 0.1) is 5.69 Å². The zero-order valence-electron chi connectivity index (χ0n) is 9.19. The van der Waals surface area contributed by atoms with Gasteiger partial charge in [-0.1, -0.05) is 6.07 Å². The maximum atomic E-state index is 13.0. The SMILES string of the molecule is Cc1cccnc1C(O)c1cc(F)cc(F)c1. The largest absolute Gasteiger partial charge is 0.382 e. The van der Waals surface area contributed by atoms with Crippen molar-refractivity contribution in [3.05, 3.63) is 65.0 Å². The molecule has 0 aliphatic rings. The molecule has 0 radical (unpaired) electrons. The van der Waals surface area contributed by atoms with Gasteiger partial charge in [-0.2, -0.15) is 0 Å². The van der Waals surface area contributed by atoms with E-state index in [4.69, 9.17) is 0 Å². The summed E-state index contributed by atoms with van der Waals surface area (Å²) in [7, 11) is 0. The lowest BCUT2D eigenvalue weighted by atomic mass is 10.0. The Bertz CT molecular complexity index is 522. The Balaban J connectivity index is 2.43. The lowest BCUT2D eigenvalue weighted by molar-refractivity contribution is 0.213. The van der Waals surface area contributed by atoms with Crippen LogP contribution in [0.2, 0.25) is 0 Å². The van der Waals surface area contributed by atoms with Crippen LogP contribution in [0.3, 0.4) is 0 Å². The molecular formula is C13H11F2NO. The fourth-order valence-corrected chi connectivity index (χ4v) is 1.68. The van der Waals surface area contributed by atoms with Crippen LogP contribution in [0.5, 0.6) is 0 Å². The Morgan fingerprint density at radius 1 is 1.18 bits per heavy atom. The Labute approximate surface area is 97.6 Å². The first-order chi connectivity index (χ1) is 8.08. The molecule has 1 atom stereocenters. The van der Waals surface area contributed by atoms with E-state index in [1.54, 1.807) is 19.1 Å². The van der Waals surface area contributed by atoms with Crippen molar-refractivity contribution in [1.29, 1.82) is 0 Å². The number of halogens is 2. The molecule has 0 bridgehead atoms. The molecule has 2 aromatic rings. The number of hydrogen-bond acceptors (Lipinski definition) is 2. The molecule has 1 heterocycles. The molecule has 1 aromatic carbocycles. The zero-order valence-corrected chi connectivity index (χ0v) is 9.19. The van der Waals surface area contributed by atoms with Crippen molar-refractivity contribution < 1.29 is 13.9 Å². The average Bonchev–Trinajstić information content (AvgIpc) is 2.27. The van der Waals surface area contributed by atoms with Crippen molar-refractivity contribution >= 4 is 0 Å². The third-order valence-electron chi connectivity index (χ3n) is 2.51. The summed E-state index contributed by atoms with van der Waals surface area (Å²) in [6.45, 7) is 1.78. The summed E-state index contributed by atoms with van der Waals surface area (Å²) in [5.41, 5.74) is 1.33. The molecule has 0 saturated carbocycles. The van der Waals surface area contributed by atoms with E-state index in [9.17, 15) is 13.9 Å². The van der Waals surface area contributed by atoms with Crippen LogP contribution in [0.15, 0.2) is 36.5 Å². The second-order valence-corrected chi connectivity index (χ2v) is 3.81. The lowest BCUT2D eigenvalue weighted by Crippen LogP contribution is -2.05. The molecule has 1 aromatic heterocycles. The number of pyridine rings is 1. The summed E-state index contributed by atoms with van der Waals surface area (Å²) in [6, 6.07) is 6.48. The van der Waals surface area contributed by atoms with Crippen LogP contribution < -0.4 is 0 Å². The van der Waals surface area contributed by atoms with E-state index in [0.29, 0.717) is 5.69 Å². The molecule has 0 aliphatic heterocycles. The van der Waals surface area contributed by atoms with Crippen molar-refractivity contribution in [2.24, 2.45) is 0 Å². The van der Waals surface area contributed by atoms with Gasteiger partial charge in [0.2, 0.25) is 0 Å². The van der Waals surface area contributed by atoms with E-state index in [-0.39, 0.29) is 5.56 Å². The Morgan fingerprint density at radius 2 is 1.82 bits per heavy atom. The van der Waals surface area contributed by atoms with E-state index in [1.165, 1.54) is 6.20 Å². The van der Waals surface area contributed by atoms with Crippen molar-refractivity contribution in [3.8, 4) is 0 Å². The van der Waals surface area contributed by atoms with Gasteiger partial charge in [0, 0.05) is 12.3 Å². The Morgan fingerprint density at radius 3 is 2.41 bits per heavy atom. The minimum Gasteiger partial charge on any atom is -0.382 e. The monoisotopic (exact) mass is 235 g/mol. The minimum atomic E-state index is -1.12. The highest BCUT2D eigenvalue weighted by Crippen LogP contribution is 2.23. The van der Waals surface area contributed by atoms with Gasteiger partial charge in [-0.3, -0.25) is 4.98 Å². The van der Waals surface area contributed by atoms with Crippen molar-refractivity contribution in [1.82, 2.24) is 4.98 Å². The molecule has 0 saturated heterocycles. The molecule has 2 nitrogen and oxygen atoms in total. The normalized spacial score (nSPS) is 12.5. The summed E-state index contributed by atoms with van der Waals surface area (Å²) < 4.78 is 26.1. The number of hydrogen-bond donors (Lipinski definition) is 1. The van der Waals surface area contributed by atoms with E-state index in [2.05, 4.69) is 4.98 Å². The summed E-state index contributed by atoms with van der Waals surface area (Å²) in [6.07, 6.45) is 0.405. The van der Waals surface area contributed by atoms with Gasteiger partial charge in [0.1, 0.15) is 17.7 Å². The maximum Gasteiger partial charge on any atom is 0.126 e. The van der Waals surface area contributed by atoms with Gasteiger partial charge in [0.15, 0.2) is 0 Å². The highest BCUT2D eigenvalue weighted by Gasteiger charge is 2.15. The molecule has 17 heavy (non-hydrogen) atoms. The fourth-order valence-electron chi connectivity index (χ4n) is 1.68. The van der Waals surface area contributed by atoms with Crippen LogP contribution in [-0.2, 0) is 0 Å². The molecule has 1 unspecified atom stereocenters. The number of nitrogens with zero attached hydrogens (tertiary/aromatic N) is 1.